The molecule has 1 fully saturated rings. The number of nitrogens with zero attached hydrogens (tertiary/aromatic N) is 1. The maximum atomic E-state index is 12.5. The van der Waals surface area contributed by atoms with E-state index in [1.54, 1.807) is 48.6 Å². The third-order valence-electron chi connectivity index (χ3n) is 17.9. The molecule has 47 heteroatoms. The number of quaternary nitrogens is 1. The van der Waals surface area contributed by atoms with Crippen molar-refractivity contribution >= 4 is 147 Å². The second kappa shape index (κ2) is 45.5. The lowest BCUT2D eigenvalue weighted by molar-refractivity contribution is -0.368. The molecule has 42 nitrogen and oxygen atoms in total. The van der Waals surface area contributed by atoms with Gasteiger partial charge in [0.05, 0.1) is 24.2 Å². The number of carbonyl (C=O) groups excluding carboxylic acids is 9. The van der Waals surface area contributed by atoms with Gasteiger partial charge in [-0.3, -0.25) is 33.6 Å². The van der Waals surface area contributed by atoms with E-state index < -0.39 is 169 Å². The molecule has 9 rings (SSSR count). The van der Waals surface area contributed by atoms with Crippen LogP contribution in [0, 0.1) is 11.8 Å². The first-order valence-electron chi connectivity index (χ1n) is 36.6. The maximum absolute atomic E-state index is 12.5. The predicted octanol–water partition coefficient (Wildman–Crippen LogP) is 1.81. The number of aromatic carboxylic acids is 2. The van der Waals surface area contributed by atoms with Crippen molar-refractivity contribution in [3.63, 3.8) is 0 Å². The molecule has 0 radical (unpaired) electrons. The number of unbranched alkanes of at least 4 members (excludes halogenated alkanes) is 2. The zero-order valence-electron chi connectivity index (χ0n) is 64.0. The van der Waals surface area contributed by atoms with E-state index in [0.29, 0.717) is 87.5 Å². The van der Waals surface area contributed by atoms with Crippen LogP contribution in [-0.4, -0.2) is 224 Å². The summed E-state index contributed by atoms with van der Waals surface area (Å²) in [5, 5.41) is 125. The van der Waals surface area contributed by atoms with Crippen LogP contribution in [0.25, 0.3) is 0 Å². The van der Waals surface area contributed by atoms with E-state index in [0.717, 1.165) is 0 Å². The van der Waals surface area contributed by atoms with Crippen LogP contribution in [0.3, 0.4) is 0 Å². The second-order valence-electron chi connectivity index (χ2n) is 26.8. The van der Waals surface area contributed by atoms with E-state index in [2.05, 4.69) is 48.3 Å². The molecule has 123 heavy (non-hydrogen) atoms. The Balaban J connectivity index is 0.000000295. The fourth-order valence-corrected chi connectivity index (χ4v) is 12.6. The Hall–Kier alpha value is -14.6. The van der Waals surface area contributed by atoms with Crippen molar-refractivity contribution in [3.05, 3.63) is 154 Å². The van der Waals surface area contributed by atoms with Crippen LogP contribution < -0.4 is 68.2 Å². The summed E-state index contributed by atoms with van der Waals surface area (Å²) in [5.41, 5.74) is 6.24. The number of urea groups is 2. The van der Waals surface area contributed by atoms with E-state index in [1.165, 1.54) is 60.7 Å². The number of aromatic hydroxyl groups is 2. The highest BCUT2D eigenvalue weighted by atomic mass is 32.1. The number of allylic oxidation sites excluding steroid dienone is 6. The van der Waals surface area contributed by atoms with Gasteiger partial charge in [-0.2, -0.15) is 13.2 Å². The van der Waals surface area contributed by atoms with Crippen molar-refractivity contribution in [1.29, 1.82) is 0 Å². The molecule has 658 valence electrons. The minimum absolute atomic E-state index is 0.0156. The van der Waals surface area contributed by atoms with Crippen LogP contribution in [0.5, 0.6) is 23.0 Å². The highest BCUT2D eigenvalue weighted by molar-refractivity contribution is 7.80. The summed E-state index contributed by atoms with van der Waals surface area (Å²) in [6.45, 7) is 0.0830. The first kappa shape index (κ1) is 97.2. The maximum Gasteiger partial charge on any atom is 0.430 e. The highest BCUT2D eigenvalue weighted by Gasteiger charge is 2.42. The quantitative estimate of drug-likeness (QED) is 0.0180. The normalized spacial score (nSPS) is 16.5. The van der Waals surface area contributed by atoms with Crippen molar-refractivity contribution in [3.8, 4) is 23.0 Å². The average Bonchev–Trinajstić information content (AvgIpc) is 0.870. The van der Waals surface area contributed by atoms with Crippen LogP contribution >= 0.6 is 24.4 Å². The van der Waals surface area contributed by atoms with Gasteiger partial charge < -0.3 is 129 Å². The molecule has 7 amide bonds. The Bertz CT molecular complexity index is 4920. The number of ether oxygens (including phenoxy) is 2. The van der Waals surface area contributed by atoms with Gasteiger partial charge in [-0.25, -0.2) is 43.2 Å². The summed E-state index contributed by atoms with van der Waals surface area (Å²) in [6.07, 6.45) is 3.88. The summed E-state index contributed by atoms with van der Waals surface area (Å²) < 4.78 is 43.3. The number of nitrogens with one attached hydrogen (secondary N) is 9. The first-order valence-corrected chi connectivity index (χ1v) is 37.4. The number of anilines is 2. The topological polar surface area (TPSA) is 682 Å². The van der Waals surface area contributed by atoms with Crippen LogP contribution in [0.15, 0.2) is 121 Å². The van der Waals surface area contributed by atoms with E-state index in [9.17, 15) is 115 Å². The fourth-order valence-electron chi connectivity index (χ4n) is 12.2. The molecule has 3 aliphatic heterocycles. The number of benzene rings is 4. The van der Waals surface area contributed by atoms with Gasteiger partial charge in [-0.1, -0.05) is 36.4 Å². The van der Waals surface area contributed by atoms with E-state index in [4.69, 9.17) is 74.2 Å². The molecule has 22 N–H and O–H groups in total. The van der Waals surface area contributed by atoms with Gasteiger partial charge >= 0.3 is 72.0 Å². The van der Waals surface area contributed by atoms with Gasteiger partial charge in [-0.15, -0.1) is 5.06 Å². The Kier molecular flexibility index (Phi) is 36.0. The van der Waals surface area contributed by atoms with Gasteiger partial charge in [0.25, 0.3) is 11.8 Å². The van der Waals surface area contributed by atoms with E-state index in [-0.39, 0.29) is 96.0 Å². The largest absolute Gasteiger partial charge is 0.542 e. The van der Waals surface area contributed by atoms with Crippen LogP contribution in [0.2, 0.25) is 0 Å². The summed E-state index contributed by atoms with van der Waals surface area (Å²) in [6, 6.07) is 10.7. The number of fused-ring (bicyclic) bond motifs is 4. The highest BCUT2D eigenvalue weighted by Crippen LogP contribution is 2.51. The summed E-state index contributed by atoms with van der Waals surface area (Å²) in [5.74, 6) is -17.4. The monoisotopic (exact) mass is 1760 g/mol. The number of carbonyl (C=O) groups is 17. The average molecular weight is 1760 g/mol. The van der Waals surface area contributed by atoms with Crippen LogP contribution in [-0.2, 0) is 67.2 Å². The van der Waals surface area contributed by atoms with Gasteiger partial charge in [0, 0.05) is 103 Å². The van der Waals surface area contributed by atoms with Crippen molar-refractivity contribution in [2.45, 2.75) is 119 Å². The molecule has 0 spiro atoms. The lowest BCUT2D eigenvalue weighted by atomic mass is 9.74. The molecule has 5 aliphatic rings. The van der Waals surface area contributed by atoms with Gasteiger partial charge in [0.15, 0.2) is 21.8 Å². The molecule has 8 unspecified atom stereocenters. The van der Waals surface area contributed by atoms with Gasteiger partial charge in [-0.05, 0) is 135 Å². The number of ketones is 2. The molecular weight excluding hydrogens is 1680 g/mol. The Labute approximate surface area is 702 Å². The SMILES string of the molecule is O=C([O-])C(F)(F)F.O=C1C=CC2C(=C1)Oc1cc(O)ccc1C2c1ccc(NC(=S)NCC(=O)NCCCCC(NC(=O)NC(CCC(=O)O)C(=O)O)C(=O)O)cc1C(=O)O.O=C1C=CC2C(=C1)Oc1cc(O)ccc1C2c1ccc(NC(=S)NCC(=O)ON2C(=O)CCC2=O)cc1C(=O)O.[NH3+]CCCCC(NC(=O)NC(CCC(=O)O)C(=O)O)C(=O)O. The number of hydrogen-bond donors (Lipinski definition) is 20. The zero-order valence-corrected chi connectivity index (χ0v) is 65.6. The molecule has 8 atom stereocenters. The molecule has 0 aromatic heterocycles. The van der Waals surface area contributed by atoms with E-state index >= 15 is 0 Å². The number of phenolic OH excluding ortho intramolecular Hbond substituents is 2. The Morgan fingerprint density at radius 3 is 1.26 bits per heavy atom. The number of rotatable bonds is 34. The Morgan fingerprint density at radius 1 is 0.520 bits per heavy atom. The van der Waals surface area contributed by atoms with Gasteiger partial charge in [0.1, 0.15) is 71.2 Å². The van der Waals surface area contributed by atoms with E-state index in [1.807, 2.05) is 5.32 Å². The van der Waals surface area contributed by atoms with Crippen molar-refractivity contribution in [2.75, 3.05) is 36.8 Å². The number of halogens is 3. The predicted molar refractivity (Wildman–Crippen MR) is 417 cm³/mol. The number of imide groups is 1. The third-order valence-corrected chi connectivity index (χ3v) is 18.4. The van der Waals surface area contributed by atoms with Crippen LogP contribution in [0.1, 0.15) is 132 Å². The number of alkyl halides is 3. The van der Waals surface area contributed by atoms with Gasteiger partial charge in [0.2, 0.25) is 5.91 Å². The number of carboxylic acids is 9. The molecule has 0 bridgehead atoms. The minimum atomic E-state index is -5.19. The molecule has 4 aromatic carbocycles. The summed E-state index contributed by atoms with van der Waals surface area (Å²) >= 11 is 10.5. The molecular formula is C76H80F3N11O31S2. The number of thiocarbonyl (C=S) groups is 2. The minimum Gasteiger partial charge on any atom is -0.542 e. The number of hydrogen-bond acceptors (Lipinski definition) is 25. The lowest BCUT2D eigenvalue weighted by Crippen LogP contribution is -2.51. The summed E-state index contributed by atoms with van der Waals surface area (Å²) in [4.78, 5) is 200. The van der Waals surface area contributed by atoms with Crippen molar-refractivity contribution in [2.24, 2.45) is 11.8 Å². The number of phenols is 2. The number of amides is 7. The van der Waals surface area contributed by atoms with Crippen molar-refractivity contribution < 1.29 is 171 Å². The Morgan fingerprint density at radius 2 is 0.894 bits per heavy atom. The number of hydroxylamine groups is 2. The summed E-state index contributed by atoms with van der Waals surface area (Å²) in [7, 11) is 0. The van der Waals surface area contributed by atoms with Crippen LogP contribution in [0.4, 0.5) is 34.1 Å². The molecule has 3 heterocycles. The first-order chi connectivity index (χ1) is 57.9. The third kappa shape index (κ3) is 30.0. The molecule has 4 aromatic rings. The number of carboxylic acid groups (broad SMARTS) is 9. The molecule has 0 saturated carbocycles. The standard InChI is InChI=1S/C35H37N5O13S.C27H21N3O9S.C12H21N3O7.C2HF3O2/c41-18-5-8-21-26(14-18)53-27-15-19(42)6-9-22(27)30(21)20-7-4-17(13-23(20)31(46)47)38-35(54)37-16-28(43)36-12-2-1-3-24(32(48)49)39-34(52)40-25(33(50)51)10-11-29(44)45;31-14-2-5-17-20(10-14)38-21-11-15(32)3-6-18(21)25(17)16-4-1-13(9-19(16)26(36)37)29-27(40)28-12-24(35)39-30-22(33)7-8-23(30)34;13-6-2-1-3-7(10(18)19)14-12(22)15-8(11(20)21)4-5-9(16)17;3-2(4,5)1(6)7/h4-9,13-15,21,24-25,30,42H,1-3,10-12,16H2,(H,36,43)(H,44,45)(H,46,47)(H,48,49)(H,50,51)(H2,37,38,54)(H2,39,40,52);1-6,9-11,17,25,32H,7-8,12H2,(H,36,37)(H2,28,29,40);7-8H,1-6,13H2,(H,16,17)(H,18,19)(H,20,21)(H2,14,15,22);(H,6,7). The number of aliphatic carboxylic acids is 7. The second-order valence-corrected chi connectivity index (χ2v) is 27.6. The lowest BCUT2D eigenvalue weighted by Gasteiger charge is -2.35. The smallest absolute Gasteiger partial charge is 0.430 e. The molecule has 2 aliphatic carbocycles. The fraction of sp³-hybridized carbons (Fsp3) is 0.329. The zero-order chi connectivity index (χ0) is 91.3. The van der Waals surface area contributed by atoms with Crippen molar-refractivity contribution in [1.82, 2.24) is 42.3 Å². The molecule has 1 saturated heterocycles.